The Kier molecular flexibility index (Phi) is 4.81. The van der Waals surface area contributed by atoms with E-state index < -0.39 is 0 Å². The third-order valence-corrected chi connectivity index (χ3v) is 4.64. The number of nitrogens with zero attached hydrogens (tertiary/aromatic N) is 4. The topological polar surface area (TPSA) is 57.3 Å². The minimum absolute atomic E-state index is 0.0205. The summed E-state index contributed by atoms with van der Waals surface area (Å²) in [5.74, 6) is 0.912. The van der Waals surface area contributed by atoms with Crippen LogP contribution in [0.2, 0.25) is 0 Å². The number of tetrazole rings is 1. The molecule has 25 heavy (non-hydrogen) atoms. The highest BCUT2D eigenvalue weighted by Crippen LogP contribution is 2.26. The van der Waals surface area contributed by atoms with Crippen molar-refractivity contribution in [2.75, 3.05) is 26.3 Å². The first kappa shape index (κ1) is 15.9. The van der Waals surface area contributed by atoms with Gasteiger partial charge < -0.3 is 9.64 Å². The van der Waals surface area contributed by atoms with Crippen molar-refractivity contribution < 1.29 is 9.64 Å². The van der Waals surface area contributed by atoms with Gasteiger partial charge in [-0.1, -0.05) is 60.7 Å². The minimum atomic E-state index is -0.0205. The largest absolute Gasteiger partial charge is 0.370 e. The molecular formula is C19H22N5O+. The zero-order valence-corrected chi connectivity index (χ0v) is 14.1. The molecule has 2 heterocycles. The Morgan fingerprint density at radius 1 is 0.920 bits per heavy atom. The van der Waals surface area contributed by atoms with E-state index in [1.807, 2.05) is 16.8 Å². The third-order valence-electron chi connectivity index (χ3n) is 4.64. The van der Waals surface area contributed by atoms with E-state index in [1.54, 1.807) is 0 Å². The Morgan fingerprint density at radius 2 is 1.52 bits per heavy atom. The Bertz CT molecular complexity index is 744. The fourth-order valence-electron chi connectivity index (χ4n) is 3.34. The number of morpholine rings is 1. The summed E-state index contributed by atoms with van der Waals surface area (Å²) >= 11 is 0. The summed E-state index contributed by atoms with van der Waals surface area (Å²) in [7, 11) is 0. The normalized spacial score (nSPS) is 15.6. The van der Waals surface area contributed by atoms with Crippen LogP contribution in [0.5, 0.6) is 0 Å². The molecule has 4 rings (SSSR count). The van der Waals surface area contributed by atoms with Gasteiger partial charge in [0.05, 0.1) is 13.2 Å². The van der Waals surface area contributed by atoms with Gasteiger partial charge in [-0.3, -0.25) is 0 Å². The quantitative estimate of drug-likeness (QED) is 0.746. The van der Waals surface area contributed by atoms with Crippen molar-refractivity contribution >= 4 is 0 Å². The van der Waals surface area contributed by atoms with Gasteiger partial charge in [-0.05, 0) is 21.6 Å². The van der Waals surface area contributed by atoms with Gasteiger partial charge in [0, 0.05) is 0 Å². The van der Waals surface area contributed by atoms with Crippen molar-refractivity contribution in [3.63, 3.8) is 0 Å². The highest BCUT2D eigenvalue weighted by molar-refractivity contribution is 5.32. The first-order valence-electron chi connectivity index (χ1n) is 8.70. The molecule has 1 N–H and O–H groups in total. The van der Waals surface area contributed by atoms with Crippen LogP contribution in [0.1, 0.15) is 23.0 Å². The zero-order valence-electron chi connectivity index (χ0n) is 14.1. The Labute approximate surface area is 147 Å². The molecule has 0 atom stereocenters. The molecule has 128 valence electrons. The molecule has 0 unspecified atom stereocenters. The average Bonchev–Trinajstić information content (AvgIpc) is 3.12. The van der Waals surface area contributed by atoms with Gasteiger partial charge in [0.2, 0.25) is 5.82 Å². The molecule has 1 aliphatic rings. The van der Waals surface area contributed by atoms with E-state index in [9.17, 15) is 0 Å². The van der Waals surface area contributed by atoms with Gasteiger partial charge in [-0.2, -0.15) is 0 Å². The molecule has 1 aliphatic heterocycles. The maximum absolute atomic E-state index is 5.46. The van der Waals surface area contributed by atoms with Crippen molar-refractivity contribution in [3.05, 3.63) is 77.6 Å². The van der Waals surface area contributed by atoms with E-state index in [1.165, 1.54) is 16.0 Å². The summed E-state index contributed by atoms with van der Waals surface area (Å²) in [6, 6.07) is 20.8. The number of hydrogen-bond acceptors (Lipinski definition) is 4. The number of ether oxygens (including phenoxy) is 1. The molecule has 1 fully saturated rings. The van der Waals surface area contributed by atoms with Crippen molar-refractivity contribution in [2.45, 2.75) is 12.6 Å². The predicted molar refractivity (Wildman–Crippen MR) is 93.2 cm³/mol. The predicted octanol–water partition coefficient (Wildman–Crippen LogP) is 0.726. The molecule has 6 heteroatoms. The Morgan fingerprint density at radius 3 is 2.12 bits per heavy atom. The van der Waals surface area contributed by atoms with Crippen LogP contribution in [0.4, 0.5) is 0 Å². The van der Waals surface area contributed by atoms with Crippen LogP contribution in [-0.4, -0.2) is 46.5 Å². The molecule has 1 saturated heterocycles. The SMILES string of the molecule is c1ccc(C(c2ccccc2)n2nnnc2C[NH+]2CCOCC2)cc1. The van der Waals surface area contributed by atoms with Crippen molar-refractivity contribution in [2.24, 2.45) is 0 Å². The van der Waals surface area contributed by atoms with Crippen LogP contribution in [0.15, 0.2) is 60.7 Å². The summed E-state index contributed by atoms with van der Waals surface area (Å²) in [6.07, 6.45) is 0. The fraction of sp³-hybridized carbons (Fsp3) is 0.316. The highest BCUT2D eigenvalue weighted by atomic mass is 16.5. The molecule has 3 aromatic rings. The lowest BCUT2D eigenvalue weighted by Crippen LogP contribution is -3.12. The molecule has 0 radical (unpaired) electrons. The van der Waals surface area contributed by atoms with E-state index in [-0.39, 0.29) is 6.04 Å². The average molecular weight is 336 g/mol. The maximum atomic E-state index is 5.46. The monoisotopic (exact) mass is 336 g/mol. The molecule has 0 bridgehead atoms. The van der Waals surface area contributed by atoms with E-state index in [2.05, 4.69) is 64.1 Å². The summed E-state index contributed by atoms with van der Waals surface area (Å²) < 4.78 is 7.42. The minimum Gasteiger partial charge on any atom is -0.370 e. The molecule has 0 aliphatic carbocycles. The van der Waals surface area contributed by atoms with Crippen LogP contribution in [0.3, 0.4) is 0 Å². The van der Waals surface area contributed by atoms with Crippen LogP contribution in [0, 0.1) is 0 Å². The number of aromatic nitrogens is 4. The van der Waals surface area contributed by atoms with E-state index in [4.69, 9.17) is 4.74 Å². The maximum Gasteiger partial charge on any atom is 0.207 e. The summed E-state index contributed by atoms with van der Waals surface area (Å²) in [5.41, 5.74) is 2.36. The first-order valence-corrected chi connectivity index (χ1v) is 8.70. The van der Waals surface area contributed by atoms with Gasteiger partial charge >= 0.3 is 0 Å². The lowest BCUT2D eigenvalue weighted by atomic mass is 9.99. The van der Waals surface area contributed by atoms with Crippen LogP contribution in [0.25, 0.3) is 0 Å². The van der Waals surface area contributed by atoms with E-state index in [0.717, 1.165) is 38.7 Å². The van der Waals surface area contributed by atoms with E-state index in [0.29, 0.717) is 0 Å². The highest BCUT2D eigenvalue weighted by Gasteiger charge is 2.24. The smallest absolute Gasteiger partial charge is 0.207 e. The molecule has 2 aromatic carbocycles. The number of quaternary nitrogens is 1. The molecule has 0 saturated carbocycles. The second-order valence-electron chi connectivity index (χ2n) is 6.30. The van der Waals surface area contributed by atoms with Gasteiger partial charge in [0.15, 0.2) is 0 Å². The van der Waals surface area contributed by atoms with Crippen molar-refractivity contribution in [1.29, 1.82) is 0 Å². The summed E-state index contributed by atoms with van der Waals surface area (Å²) in [4.78, 5) is 1.46. The summed E-state index contributed by atoms with van der Waals surface area (Å²) in [6.45, 7) is 4.41. The van der Waals surface area contributed by atoms with Gasteiger partial charge in [-0.25, -0.2) is 4.68 Å². The molecule has 0 amide bonds. The summed E-state index contributed by atoms with van der Waals surface area (Å²) in [5, 5.41) is 12.6. The molecule has 0 spiro atoms. The molecule has 6 nitrogen and oxygen atoms in total. The van der Waals surface area contributed by atoms with Crippen molar-refractivity contribution in [1.82, 2.24) is 20.2 Å². The number of rotatable bonds is 5. The number of hydrogen-bond donors (Lipinski definition) is 1. The Balaban J connectivity index is 1.70. The lowest BCUT2D eigenvalue weighted by Gasteiger charge is -2.24. The van der Waals surface area contributed by atoms with E-state index >= 15 is 0 Å². The van der Waals surface area contributed by atoms with Crippen molar-refractivity contribution in [3.8, 4) is 0 Å². The third kappa shape index (κ3) is 3.60. The Hall–Kier alpha value is -2.57. The lowest BCUT2D eigenvalue weighted by molar-refractivity contribution is -0.922. The van der Waals surface area contributed by atoms with Gasteiger partial charge in [-0.15, -0.1) is 5.10 Å². The van der Waals surface area contributed by atoms with Crippen LogP contribution >= 0.6 is 0 Å². The van der Waals surface area contributed by atoms with Gasteiger partial charge in [0.25, 0.3) is 0 Å². The molecular weight excluding hydrogens is 314 g/mol. The van der Waals surface area contributed by atoms with Crippen LogP contribution < -0.4 is 4.90 Å². The number of nitrogens with one attached hydrogen (secondary N) is 1. The second-order valence-corrected chi connectivity index (χ2v) is 6.30. The first-order chi connectivity index (χ1) is 12.4. The second kappa shape index (κ2) is 7.55. The zero-order chi connectivity index (χ0) is 16.9. The molecule has 1 aromatic heterocycles. The standard InChI is InChI=1S/C19H21N5O/c1-3-7-16(8-4-1)19(17-9-5-2-6-10-17)24-18(20-21-22-24)15-23-11-13-25-14-12-23/h1-10,19H,11-15H2/p+1. The fourth-order valence-corrected chi connectivity index (χ4v) is 3.34. The van der Waals surface area contributed by atoms with Gasteiger partial charge in [0.1, 0.15) is 25.7 Å². The number of benzene rings is 2. The van der Waals surface area contributed by atoms with Crippen LogP contribution in [-0.2, 0) is 11.3 Å².